The van der Waals surface area contributed by atoms with E-state index in [1.54, 1.807) is 12.4 Å². The highest BCUT2D eigenvalue weighted by Crippen LogP contribution is 2.24. The average molecular weight is 282 g/mol. The van der Waals surface area contributed by atoms with Gasteiger partial charge in [-0.2, -0.15) is 0 Å². The van der Waals surface area contributed by atoms with E-state index in [0.717, 1.165) is 11.5 Å². The highest BCUT2D eigenvalue weighted by atomic mass is 35.5. The number of nitrogens with two attached hydrogens (primary N) is 1. The Morgan fingerprint density at radius 2 is 2.33 bits per heavy atom. The van der Waals surface area contributed by atoms with Gasteiger partial charge in [0, 0.05) is 12.7 Å². The van der Waals surface area contributed by atoms with E-state index in [1.807, 2.05) is 23.7 Å². The molecule has 0 spiro atoms. The third kappa shape index (κ3) is 2.60. The van der Waals surface area contributed by atoms with Gasteiger partial charge < -0.3 is 15.6 Å². The largest absolute Gasteiger partial charge is 0.389 e. The summed E-state index contributed by atoms with van der Waals surface area (Å²) < 4.78 is 1.83. The second kappa shape index (κ2) is 5.32. The molecule has 5 nitrogen and oxygen atoms in total. The van der Waals surface area contributed by atoms with Gasteiger partial charge in [0.15, 0.2) is 5.82 Å². The van der Waals surface area contributed by atoms with Crippen LogP contribution in [0, 0.1) is 0 Å². The summed E-state index contributed by atoms with van der Waals surface area (Å²) in [5.41, 5.74) is 7.11. The molecule has 1 aromatic carbocycles. The van der Waals surface area contributed by atoms with Crippen LogP contribution >= 0.6 is 23.8 Å². The van der Waals surface area contributed by atoms with E-state index in [0.29, 0.717) is 17.1 Å². The first-order valence-electron chi connectivity index (χ1n) is 5.24. The van der Waals surface area contributed by atoms with Gasteiger partial charge in [-0.1, -0.05) is 29.9 Å². The Hall–Kier alpha value is -1.66. The first kappa shape index (κ1) is 12.8. The number of rotatable bonds is 4. The van der Waals surface area contributed by atoms with Crippen LogP contribution in [-0.2, 0) is 13.6 Å². The Morgan fingerprint density at radius 3 is 2.94 bits per heavy atom. The minimum Gasteiger partial charge on any atom is -0.389 e. The Bertz CT molecular complexity index is 581. The number of halogens is 1. The van der Waals surface area contributed by atoms with Crippen LogP contribution < -0.4 is 11.1 Å². The van der Waals surface area contributed by atoms with Crippen LogP contribution in [0.15, 0.2) is 24.5 Å². The molecule has 0 aliphatic carbocycles. The van der Waals surface area contributed by atoms with Gasteiger partial charge in [0.25, 0.3) is 0 Å². The summed E-state index contributed by atoms with van der Waals surface area (Å²) in [6.45, 7) is 0.520. The smallest absolute Gasteiger partial charge is 0.151 e. The standard InChI is InChI=1S/C11H12ClN5S/c1-17-6-15-16-9(17)5-14-8-4-2-3-7(12)10(8)11(13)18/h2-4,6,14H,5H2,1H3,(H2,13,18). The fourth-order valence-electron chi connectivity index (χ4n) is 1.56. The van der Waals surface area contributed by atoms with Crippen molar-refractivity contribution in [1.29, 1.82) is 0 Å². The number of hydrogen-bond donors (Lipinski definition) is 2. The van der Waals surface area contributed by atoms with Crippen LogP contribution in [0.3, 0.4) is 0 Å². The van der Waals surface area contributed by atoms with Crippen molar-refractivity contribution in [2.75, 3.05) is 5.32 Å². The quantitative estimate of drug-likeness (QED) is 0.835. The highest BCUT2D eigenvalue weighted by Gasteiger charge is 2.10. The summed E-state index contributed by atoms with van der Waals surface area (Å²) >= 11 is 11.1. The lowest BCUT2D eigenvalue weighted by Crippen LogP contribution is -2.14. The zero-order chi connectivity index (χ0) is 13.1. The van der Waals surface area contributed by atoms with E-state index in [1.165, 1.54) is 0 Å². The third-order valence-electron chi connectivity index (χ3n) is 2.50. The number of aromatic nitrogens is 3. The lowest BCUT2D eigenvalue weighted by molar-refractivity contribution is 0.812. The van der Waals surface area contributed by atoms with Crippen molar-refractivity contribution in [3.63, 3.8) is 0 Å². The molecule has 0 atom stereocenters. The van der Waals surface area contributed by atoms with Crippen molar-refractivity contribution in [2.45, 2.75) is 6.54 Å². The van der Waals surface area contributed by atoms with Crippen LogP contribution in [0.25, 0.3) is 0 Å². The number of aryl methyl sites for hydroxylation is 1. The van der Waals surface area contributed by atoms with E-state index in [-0.39, 0.29) is 4.99 Å². The number of nitrogens with one attached hydrogen (secondary N) is 1. The summed E-state index contributed by atoms with van der Waals surface area (Å²) in [7, 11) is 1.88. The molecule has 0 unspecified atom stereocenters. The van der Waals surface area contributed by atoms with Gasteiger partial charge in [0.1, 0.15) is 11.3 Å². The van der Waals surface area contributed by atoms with Gasteiger partial charge in [0.2, 0.25) is 0 Å². The van der Waals surface area contributed by atoms with E-state index in [4.69, 9.17) is 29.6 Å². The summed E-state index contributed by atoms with van der Waals surface area (Å²) in [6, 6.07) is 5.46. The van der Waals surface area contributed by atoms with Gasteiger partial charge in [-0.25, -0.2) is 0 Å². The Balaban J connectivity index is 2.22. The lowest BCUT2D eigenvalue weighted by Gasteiger charge is -2.12. The molecule has 1 aromatic heterocycles. The molecule has 0 amide bonds. The molecule has 0 saturated carbocycles. The first-order chi connectivity index (χ1) is 8.59. The van der Waals surface area contributed by atoms with Gasteiger partial charge in [-0.15, -0.1) is 10.2 Å². The second-order valence-corrected chi connectivity index (χ2v) is 4.59. The maximum atomic E-state index is 6.08. The molecule has 0 aliphatic heterocycles. The number of anilines is 1. The molecule has 2 aromatic rings. The van der Waals surface area contributed by atoms with Crippen molar-refractivity contribution >= 4 is 34.5 Å². The van der Waals surface area contributed by atoms with Crippen LogP contribution in [0.5, 0.6) is 0 Å². The van der Waals surface area contributed by atoms with E-state index >= 15 is 0 Å². The van der Waals surface area contributed by atoms with Crippen molar-refractivity contribution in [2.24, 2.45) is 12.8 Å². The highest BCUT2D eigenvalue weighted by molar-refractivity contribution is 7.80. The monoisotopic (exact) mass is 281 g/mol. The van der Waals surface area contributed by atoms with Crippen molar-refractivity contribution in [3.05, 3.63) is 40.9 Å². The molecule has 2 rings (SSSR count). The van der Waals surface area contributed by atoms with E-state index in [9.17, 15) is 0 Å². The topological polar surface area (TPSA) is 68.8 Å². The maximum absolute atomic E-state index is 6.08. The number of thiocarbonyl (C=S) groups is 1. The molecule has 0 saturated heterocycles. The molecule has 0 bridgehead atoms. The summed E-state index contributed by atoms with van der Waals surface area (Å²) in [6.07, 6.45) is 1.64. The zero-order valence-corrected chi connectivity index (χ0v) is 11.3. The number of nitrogens with zero attached hydrogens (tertiary/aromatic N) is 3. The predicted molar refractivity (Wildman–Crippen MR) is 75.7 cm³/mol. The molecule has 1 heterocycles. The predicted octanol–water partition coefficient (Wildman–Crippen LogP) is 1.71. The minimum absolute atomic E-state index is 0.265. The van der Waals surface area contributed by atoms with Crippen LogP contribution in [0.2, 0.25) is 5.02 Å². The molecule has 7 heteroatoms. The van der Waals surface area contributed by atoms with E-state index in [2.05, 4.69) is 15.5 Å². The molecule has 94 valence electrons. The molecule has 3 N–H and O–H groups in total. The summed E-state index contributed by atoms with van der Waals surface area (Å²) in [5.74, 6) is 0.809. The molecule has 0 aliphatic rings. The third-order valence-corrected chi connectivity index (χ3v) is 3.02. The normalized spacial score (nSPS) is 10.3. The van der Waals surface area contributed by atoms with Crippen molar-refractivity contribution in [3.8, 4) is 0 Å². The number of benzene rings is 1. The Labute approximate surface area is 115 Å². The summed E-state index contributed by atoms with van der Waals surface area (Å²) in [4.78, 5) is 0.265. The van der Waals surface area contributed by atoms with Gasteiger partial charge in [-0.3, -0.25) is 0 Å². The van der Waals surface area contributed by atoms with Gasteiger partial charge in [0.05, 0.1) is 17.1 Å². The molecule has 0 radical (unpaired) electrons. The molecular formula is C11H12ClN5S. The minimum atomic E-state index is 0.265. The number of hydrogen-bond acceptors (Lipinski definition) is 4. The zero-order valence-electron chi connectivity index (χ0n) is 9.72. The fraction of sp³-hybridized carbons (Fsp3) is 0.182. The van der Waals surface area contributed by atoms with Crippen molar-refractivity contribution < 1.29 is 0 Å². The lowest BCUT2D eigenvalue weighted by atomic mass is 10.1. The van der Waals surface area contributed by atoms with Crippen LogP contribution in [-0.4, -0.2) is 19.8 Å². The molecular weight excluding hydrogens is 270 g/mol. The molecule has 18 heavy (non-hydrogen) atoms. The summed E-state index contributed by atoms with van der Waals surface area (Å²) in [5, 5.41) is 11.5. The molecule has 0 fully saturated rings. The fourth-order valence-corrected chi connectivity index (χ4v) is 2.12. The average Bonchev–Trinajstić information content (AvgIpc) is 2.71. The SMILES string of the molecule is Cn1cnnc1CNc1cccc(Cl)c1C(N)=S. The van der Waals surface area contributed by atoms with Crippen LogP contribution in [0.1, 0.15) is 11.4 Å². The Kier molecular flexibility index (Phi) is 3.78. The first-order valence-corrected chi connectivity index (χ1v) is 6.03. The van der Waals surface area contributed by atoms with Crippen molar-refractivity contribution in [1.82, 2.24) is 14.8 Å². The maximum Gasteiger partial charge on any atom is 0.151 e. The van der Waals surface area contributed by atoms with Crippen LogP contribution in [0.4, 0.5) is 5.69 Å². The van der Waals surface area contributed by atoms with E-state index < -0.39 is 0 Å². The Morgan fingerprint density at radius 1 is 1.56 bits per heavy atom. The van der Waals surface area contributed by atoms with Gasteiger partial charge >= 0.3 is 0 Å². The second-order valence-electron chi connectivity index (χ2n) is 3.74. The van der Waals surface area contributed by atoms with Gasteiger partial charge in [-0.05, 0) is 12.1 Å².